The van der Waals surface area contributed by atoms with E-state index in [4.69, 9.17) is 4.74 Å². The number of halogens is 3. The molecule has 2 aliphatic heterocycles. The van der Waals surface area contributed by atoms with Crippen molar-refractivity contribution in [2.45, 2.75) is 59.2 Å². The van der Waals surface area contributed by atoms with E-state index < -0.39 is 17.3 Å². The SMILES string of the molecule is CCN(CC)C1=C(N2CCCC2=O)c2c(ccc(C(F)(F)F)c2C)OC1(C)C. The van der Waals surface area contributed by atoms with E-state index >= 15 is 0 Å². The number of fused-ring (bicyclic) bond motifs is 1. The second-order valence-electron chi connectivity index (χ2n) is 7.74. The lowest BCUT2D eigenvalue weighted by atomic mass is 9.88. The number of carbonyl (C=O) groups excluding carboxylic acids is 1. The minimum atomic E-state index is -4.47. The highest BCUT2D eigenvalue weighted by Crippen LogP contribution is 2.48. The first-order chi connectivity index (χ1) is 13.0. The number of likely N-dealkylation sites (N-methyl/N-ethyl adjacent to an activating group) is 1. The maximum absolute atomic E-state index is 13.6. The van der Waals surface area contributed by atoms with Gasteiger partial charge < -0.3 is 14.5 Å². The Kier molecular flexibility index (Phi) is 5.15. The van der Waals surface area contributed by atoms with Crippen LogP contribution in [-0.2, 0) is 11.0 Å². The van der Waals surface area contributed by atoms with Crippen molar-refractivity contribution in [3.8, 4) is 5.75 Å². The van der Waals surface area contributed by atoms with Crippen LogP contribution < -0.4 is 4.74 Å². The third kappa shape index (κ3) is 3.25. The van der Waals surface area contributed by atoms with Crippen LogP contribution >= 0.6 is 0 Å². The third-order valence-electron chi connectivity index (χ3n) is 5.55. The number of carbonyl (C=O) groups is 1. The van der Waals surface area contributed by atoms with Gasteiger partial charge in [-0.25, -0.2) is 0 Å². The summed E-state index contributed by atoms with van der Waals surface area (Å²) in [7, 11) is 0. The number of likely N-dealkylation sites (tertiary alicyclic amines) is 1. The molecule has 1 saturated heterocycles. The molecule has 0 aromatic heterocycles. The van der Waals surface area contributed by atoms with Gasteiger partial charge in [-0.3, -0.25) is 4.79 Å². The molecule has 0 saturated carbocycles. The van der Waals surface area contributed by atoms with E-state index in [0.717, 1.165) is 11.8 Å². The minimum absolute atomic E-state index is 0.0554. The molecule has 0 spiro atoms. The fourth-order valence-electron chi connectivity index (χ4n) is 4.32. The molecule has 7 heteroatoms. The van der Waals surface area contributed by atoms with Crippen LogP contribution in [0.5, 0.6) is 5.75 Å². The highest BCUT2D eigenvalue weighted by atomic mass is 19.4. The van der Waals surface area contributed by atoms with Gasteiger partial charge in [0, 0.05) is 31.6 Å². The third-order valence-corrected chi connectivity index (χ3v) is 5.55. The summed E-state index contributed by atoms with van der Waals surface area (Å²) in [5.74, 6) is 0.334. The zero-order chi connectivity index (χ0) is 20.9. The van der Waals surface area contributed by atoms with Crippen LogP contribution in [0.2, 0.25) is 0 Å². The molecular formula is C21H27F3N2O2. The summed E-state index contributed by atoms with van der Waals surface area (Å²) in [6.07, 6.45) is -3.37. The lowest BCUT2D eigenvalue weighted by Crippen LogP contribution is -2.46. The van der Waals surface area contributed by atoms with Gasteiger partial charge in [0.05, 0.1) is 17.0 Å². The monoisotopic (exact) mass is 396 g/mol. The van der Waals surface area contributed by atoms with Crippen molar-refractivity contribution in [3.63, 3.8) is 0 Å². The van der Waals surface area contributed by atoms with Crippen molar-refractivity contribution in [2.75, 3.05) is 19.6 Å². The zero-order valence-electron chi connectivity index (χ0n) is 17.0. The molecule has 154 valence electrons. The predicted octanol–water partition coefficient (Wildman–Crippen LogP) is 4.82. The molecule has 28 heavy (non-hydrogen) atoms. The molecule has 1 amide bonds. The highest BCUT2D eigenvalue weighted by Gasteiger charge is 2.44. The Labute approximate surface area is 163 Å². The topological polar surface area (TPSA) is 32.8 Å². The first kappa shape index (κ1) is 20.6. The maximum atomic E-state index is 13.6. The summed E-state index contributed by atoms with van der Waals surface area (Å²) in [5, 5.41) is 0. The highest BCUT2D eigenvalue weighted by molar-refractivity contribution is 5.92. The molecule has 0 N–H and O–H groups in total. The van der Waals surface area contributed by atoms with Crippen LogP contribution in [-0.4, -0.2) is 40.9 Å². The van der Waals surface area contributed by atoms with Gasteiger partial charge in [0.1, 0.15) is 11.4 Å². The van der Waals surface area contributed by atoms with E-state index in [1.54, 1.807) is 4.90 Å². The van der Waals surface area contributed by atoms with Gasteiger partial charge in [0.25, 0.3) is 0 Å². The Morgan fingerprint density at radius 3 is 2.36 bits per heavy atom. The van der Waals surface area contributed by atoms with Gasteiger partial charge in [0.2, 0.25) is 5.91 Å². The number of rotatable bonds is 4. The number of ether oxygens (including phenoxy) is 1. The maximum Gasteiger partial charge on any atom is 0.416 e. The number of alkyl halides is 3. The van der Waals surface area contributed by atoms with Gasteiger partial charge in [-0.15, -0.1) is 0 Å². The number of amides is 1. The Hall–Kier alpha value is -2.18. The second kappa shape index (κ2) is 7.01. The molecule has 0 unspecified atom stereocenters. The van der Waals surface area contributed by atoms with Gasteiger partial charge >= 0.3 is 6.18 Å². The zero-order valence-corrected chi connectivity index (χ0v) is 17.0. The van der Waals surface area contributed by atoms with Gasteiger partial charge in [0.15, 0.2) is 0 Å². The molecule has 2 aliphatic rings. The largest absolute Gasteiger partial charge is 0.481 e. The summed E-state index contributed by atoms with van der Waals surface area (Å²) in [5.41, 5.74) is 0.344. The summed E-state index contributed by atoms with van der Waals surface area (Å²) >= 11 is 0. The van der Waals surface area contributed by atoms with E-state index in [9.17, 15) is 18.0 Å². The van der Waals surface area contributed by atoms with Crippen LogP contribution in [0.3, 0.4) is 0 Å². The Balaban J connectivity index is 2.38. The van der Waals surface area contributed by atoms with E-state index in [2.05, 4.69) is 4.90 Å². The Morgan fingerprint density at radius 2 is 1.86 bits per heavy atom. The number of benzene rings is 1. The van der Waals surface area contributed by atoms with Crippen LogP contribution in [0.15, 0.2) is 17.8 Å². The molecule has 0 bridgehead atoms. The van der Waals surface area contributed by atoms with E-state index in [0.29, 0.717) is 49.5 Å². The van der Waals surface area contributed by atoms with Crippen LogP contribution in [0, 0.1) is 6.92 Å². The summed E-state index contributed by atoms with van der Waals surface area (Å²) in [4.78, 5) is 16.4. The number of hydrogen-bond donors (Lipinski definition) is 0. The molecule has 4 nitrogen and oxygen atoms in total. The Bertz CT molecular complexity index is 824. The first-order valence-electron chi connectivity index (χ1n) is 9.73. The van der Waals surface area contributed by atoms with Crippen molar-refractivity contribution in [1.82, 2.24) is 9.80 Å². The molecule has 1 aromatic carbocycles. The molecule has 2 heterocycles. The fraction of sp³-hybridized carbons (Fsp3) is 0.571. The van der Waals surface area contributed by atoms with Crippen molar-refractivity contribution in [3.05, 3.63) is 34.5 Å². The first-order valence-corrected chi connectivity index (χ1v) is 9.73. The van der Waals surface area contributed by atoms with Crippen molar-refractivity contribution in [2.24, 2.45) is 0 Å². The Morgan fingerprint density at radius 1 is 1.21 bits per heavy atom. The van der Waals surface area contributed by atoms with Crippen molar-refractivity contribution >= 4 is 11.6 Å². The van der Waals surface area contributed by atoms with Crippen LogP contribution in [0.4, 0.5) is 13.2 Å². The van der Waals surface area contributed by atoms with E-state index in [1.165, 1.54) is 13.0 Å². The normalized spacial score (nSPS) is 19.0. The molecule has 3 rings (SSSR count). The quantitative estimate of drug-likeness (QED) is 0.732. The molecule has 0 radical (unpaired) electrons. The molecular weight excluding hydrogens is 369 g/mol. The summed E-state index contributed by atoms with van der Waals surface area (Å²) in [6, 6.07) is 2.45. The van der Waals surface area contributed by atoms with Crippen LogP contribution in [0.25, 0.3) is 5.70 Å². The van der Waals surface area contributed by atoms with Gasteiger partial charge in [-0.1, -0.05) is 0 Å². The lowest BCUT2D eigenvalue weighted by Gasteiger charge is -2.44. The van der Waals surface area contributed by atoms with Crippen molar-refractivity contribution < 1.29 is 22.7 Å². The number of hydrogen-bond acceptors (Lipinski definition) is 3. The smallest absolute Gasteiger partial charge is 0.416 e. The molecule has 1 fully saturated rings. The standard InChI is InChI=1S/C21H27F3N2O2/c1-6-25(7-2)19-18(26-12-8-9-16(26)27)17-13(3)14(21(22,23)24)10-11-15(17)28-20(19,4)5/h10-11H,6-9,12H2,1-5H3. The van der Waals surface area contributed by atoms with E-state index in [-0.39, 0.29) is 11.5 Å². The summed E-state index contributed by atoms with van der Waals surface area (Å²) < 4.78 is 47.0. The average molecular weight is 396 g/mol. The molecule has 1 aromatic rings. The van der Waals surface area contributed by atoms with Crippen molar-refractivity contribution in [1.29, 1.82) is 0 Å². The average Bonchev–Trinajstić information content (AvgIpc) is 3.00. The van der Waals surface area contributed by atoms with Crippen LogP contribution in [0.1, 0.15) is 57.2 Å². The van der Waals surface area contributed by atoms with Gasteiger partial charge in [-0.05, 0) is 58.7 Å². The lowest BCUT2D eigenvalue weighted by molar-refractivity contribution is -0.138. The minimum Gasteiger partial charge on any atom is -0.481 e. The molecule has 0 atom stereocenters. The van der Waals surface area contributed by atoms with Gasteiger partial charge in [-0.2, -0.15) is 13.2 Å². The predicted molar refractivity (Wildman–Crippen MR) is 102 cm³/mol. The second-order valence-corrected chi connectivity index (χ2v) is 7.74. The summed E-state index contributed by atoms with van der Waals surface area (Å²) in [6.45, 7) is 11.1. The number of nitrogens with zero attached hydrogens (tertiary/aromatic N) is 2. The van der Waals surface area contributed by atoms with E-state index in [1.807, 2.05) is 27.7 Å². The molecule has 0 aliphatic carbocycles. The fourth-order valence-corrected chi connectivity index (χ4v) is 4.32.